The molecule has 1 aliphatic heterocycles. The molecular weight excluding hydrogens is 171 g/mol. The summed E-state index contributed by atoms with van der Waals surface area (Å²) in [5.74, 6) is 0. The molecule has 0 saturated carbocycles. The third-order valence-corrected chi connectivity index (χ3v) is 0.588. The van der Waals surface area contributed by atoms with Crippen molar-refractivity contribution in [2.75, 3.05) is 6.67 Å². The molecule has 0 bridgehead atoms. The van der Waals surface area contributed by atoms with Crippen LogP contribution >= 0.6 is 7.82 Å². The molecule has 0 aromatic heterocycles. The molecule has 4 N–H and O–H groups in total. The Morgan fingerprint density at radius 2 is 2.00 bits per heavy atom. The Hall–Kier alpha value is -0.680. The van der Waals surface area contributed by atoms with Crippen LogP contribution in [0.1, 0.15) is 0 Å². The molecule has 0 aromatic carbocycles. The SMILES string of the molecule is C1=CNCN=C1.O=P(O)(O)O. The first-order chi connectivity index (χ1) is 5.00. The maximum atomic E-state index is 8.88. The van der Waals surface area contributed by atoms with E-state index in [4.69, 9.17) is 19.2 Å². The zero-order valence-corrected chi connectivity index (χ0v) is 6.48. The topological polar surface area (TPSA) is 102 Å². The molecule has 64 valence electrons. The number of allylic oxidation sites excluding steroid dienone is 1. The maximum absolute atomic E-state index is 8.88. The minimum atomic E-state index is -4.64. The average Bonchev–Trinajstić information content (AvgIpc) is 1.88. The fourth-order valence-electron chi connectivity index (χ4n) is 0.330. The third kappa shape index (κ3) is 17.6. The van der Waals surface area contributed by atoms with Gasteiger partial charge in [0.25, 0.3) is 0 Å². The van der Waals surface area contributed by atoms with Gasteiger partial charge in [-0.05, 0) is 12.3 Å². The molecule has 0 spiro atoms. The van der Waals surface area contributed by atoms with Crippen molar-refractivity contribution in [3.8, 4) is 0 Å². The van der Waals surface area contributed by atoms with Gasteiger partial charge in [-0.2, -0.15) is 0 Å². The van der Waals surface area contributed by atoms with Gasteiger partial charge >= 0.3 is 7.82 Å². The number of aliphatic imine (C=N–C) groups is 1. The van der Waals surface area contributed by atoms with Gasteiger partial charge in [-0.25, -0.2) is 4.57 Å². The first kappa shape index (κ1) is 10.3. The zero-order chi connectivity index (χ0) is 8.74. The molecular formula is C4H9N2O4P. The highest BCUT2D eigenvalue weighted by atomic mass is 31.2. The van der Waals surface area contributed by atoms with Crippen molar-refractivity contribution in [1.82, 2.24) is 5.32 Å². The van der Waals surface area contributed by atoms with Crippen molar-refractivity contribution < 1.29 is 19.2 Å². The maximum Gasteiger partial charge on any atom is 0.466 e. The Balaban J connectivity index is 0.000000187. The molecule has 0 aliphatic carbocycles. The van der Waals surface area contributed by atoms with Gasteiger partial charge in [0.2, 0.25) is 0 Å². The average molecular weight is 180 g/mol. The molecule has 7 heteroatoms. The van der Waals surface area contributed by atoms with Crippen LogP contribution in [0, 0.1) is 0 Å². The highest BCUT2D eigenvalue weighted by Gasteiger charge is 2.00. The van der Waals surface area contributed by atoms with Crippen LogP contribution in [-0.4, -0.2) is 27.6 Å². The Morgan fingerprint density at radius 1 is 1.45 bits per heavy atom. The number of hydrogen-bond acceptors (Lipinski definition) is 3. The summed E-state index contributed by atoms with van der Waals surface area (Å²) >= 11 is 0. The lowest BCUT2D eigenvalue weighted by atomic mass is 10.6. The van der Waals surface area contributed by atoms with E-state index in [0.29, 0.717) is 0 Å². The molecule has 0 atom stereocenters. The van der Waals surface area contributed by atoms with Gasteiger partial charge < -0.3 is 20.0 Å². The Bertz CT molecular complexity index is 176. The molecule has 1 aliphatic rings. The number of nitrogens with one attached hydrogen (secondary N) is 1. The first-order valence-electron chi connectivity index (χ1n) is 2.67. The highest BCUT2D eigenvalue weighted by Crippen LogP contribution is 2.25. The zero-order valence-electron chi connectivity index (χ0n) is 5.58. The fraction of sp³-hybridized carbons (Fsp3) is 0.250. The standard InChI is InChI=1S/C4H6N2.H3O4P/c1-2-5-4-6-3-1;1-5(2,3)4/h1-3,5H,4H2;(H3,1,2,3,4). The van der Waals surface area contributed by atoms with Crippen LogP contribution in [0.3, 0.4) is 0 Å². The number of hydrogen-bond donors (Lipinski definition) is 4. The summed E-state index contributed by atoms with van der Waals surface area (Å²) in [6.45, 7) is 0.733. The smallest absolute Gasteiger partial charge is 0.372 e. The lowest BCUT2D eigenvalue weighted by molar-refractivity contribution is 0.275. The van der Waals surface area contributed by atoms with E-state index in [-0.39, 0.29) is 0 Å². The molecule has 0 radical (unpaired) electrons. The van der Waals surface area contributed by atoms with E-state index in [1.165, 1.54) is 0 Å². The van der Waals surface area contributed by atoms with Crippen LogP contribution in [0.5, 0.6) is 0 Å². The van der Waals surface area contributed by atoms with Gasteiger partial charge in [0, 0.05) is 6.21 Å². The van der Waals surface area contributed by atoms with Crippen LogP contribution in [0.4, 0.5) is 0 Å². The summed E-state index contributed by atoms with van der Waals surface area (Å²) in [5, 5.41) is 2.91. The molecule has 11 heavy (non-hydrogen) atoms. The van der Waals surface area contributed by atoms with Crippen molar-refractivity contribution in [2.45, 2.75) is 0 Å². The fourth-order valence-corrected chi connectivity index (χ4v) is 0.330. The lowest BCUT2D eigenvalue weighted by Gasteiger charge is -1.94. The van der Waals surface area contributed by atoms with E-state index in [1.807, 2.05) is 12.3 Å². The number of phosphoric acid groups is 1. The summed E-state index contributed by atoms with van der Waals surface area (Å²) in [6, 6.07) is 0. The van der Waals surface area contributed by atoms with E-state index in [1.54, 1.807) is 6.21 Å². The van der Waals surface area contributed by atoms with Crippen LogP contribution in [-0.2, 0) is 4.57 Å². The Kier molecular flexibility index (Phi) is 4.72. The second-order valence-electron chi connectivity index (χ2n) is 1.57. The van der Waals surface area contributed by atoms with Gasteiger partial charge in [-0.3, -0.25) is 4.99 Å². The van der Waals surface area contributed by atoms with E-state index in [2.05, 4.69) is 10.3 Å². The van der Waals surface area contributed by atoms with Crippen molar-refractivity contribution in [3.05, 3.63) is 12.3 Å². The molecule has 6 nitrogen and oxygen atoms in total. The second-order valence-corrected chi connectivity index (χ2v) is 2.59. The van der Waals surface area contributed by atoms with Crippen LogP contribution < -0.4 is 5.32 Å². The van der Waals surface area contributed by atoms with E-state index < -0.39 is 7.82 Å². The van der Waals surface area contributed by atoms with E-state index in [0.717, 1.165) is 6.67 Å². The Labute approximate surface area is 63.5 Å². The summed E-state index contributed by atoms with van der Waals surface area (Å²) in [5.41, 5.74) is 0. The normalized spacial score (nSPS) is 14.8. The summed E-state index contributed by atoms with van der Waals surface area (Å²) in [6.07, 6.45) is 5.51. The largest absolute Gasteiger partial charge is 0.466 e. The van der Waals surface area contributed by atoms with E-state index >= 15 is 0 Å². The second kappa shape index (κ2) is 5.03. The summed E-state index contributed by atoms with van der Waals surface area (Å²) in [4.78, 5) is 25.4. The third-order valence-electron chi connectivity index (χ3n) is 0.588. The van der Waals surface area contributed by atoms with Crippen LogP contribution in [0.15, 0.2) is 17.3 Å². The van der Waals surface area contributed by atoms with Crippen molar-refractivity contribution in [1.29, 1.82) is 0 Å². The molecule has 0 saturated heterocycles. The minimum absolute atomic E-state index is 0.733. The predicted molar refractivity (Wildman–Crippen MR) is 39.9 cm³/mol. The van der Waals surface area contributed by atoms with Crippen molar-refractivity contribution >= 4 is 14.0 Å². The van der Waals surface area contributed by atoms with Gasteiger partial charge in [0.1, 0.15) is 6.67 Å². The first-order valence-corrected chi connectivity index (χ1v) is 4.23. The molecule has 0 amide bonds. The molecule has 1 heterocycles. The Morgan fingerprint density at radius 3 is 2.09 bits per heavy atom. The summed E-state index contributed by atoms with van der Waals surface area (Å²) in [7, 11) is -4.64. The van der Waals surface area contributed by atoms with Gasteiger partial charge in [0.05, 0.1) is 0 Å². The molecule has 0 aromatic rings. The van der Waals surface area contributed by atoms with Crippen molar-refractivity contribution in [3.63, 3.8) is 0 Å². The lowest BCUT2D eigenvalue weighted by Crippen LogP contribution is -2.06. The number of rotatable bonds is 0. The molecule has 0 fully saturated rings. The predicted octanol–water partition coefficient (Wildman–Crippen LogP) is -0.797. The summed E-state index contributed by atoms with van der Waals surface area (Å²) < 4.78 is 8.88. The minimum Gasteiger partial charge on any atom is -0.372 e. The van der Waals surface area contributed by atoms with Gasteiger partial charge in [-0.1, -0.05) is 0 Å². The van der Waals surface area contributed by atoms with Crippen LogP contribution in [0.25, 0.3) is 0 Å². The van der Waals surface area contributed by atoms with Gasteiger partial charge in [-0.15, -0.1) is 0 Å². The number of nitrogens with zero attached hydrogens (tertiary/aromatic N) is 1. The van der Waals surface area contributed by atoms with E-state index in [9.17, 15) is 0 Å². The highest BCUT2D eigenvalue weighted by molar-refractivity contribution is 7.45. The molecule has 0 unspecified atom stereocenters. The quantitative estimate of drug-likeness (QED) is 0.365. The molecule has 1 rings (SSSR count). The monoisotopic (exact) mass is 180 g/mol. The van der Waals surface area contributed by atoms with Crippen molar-refractivity contribution in [2.24, 2.45) is 4.99 Å². The van der Waals surface area contributed by atoms with Crippen LogP contribution in [0.2, 0.25) is 0 Å². The van der Waals surface area contributed by atoms with Gasteiger partial charge in [0.15, 0.2) is 0 Å².